The molecule has 5 rings (SSSR count). The number of carbonyl (C=O) groups excluding carboxylic acids is 2. The Hall–Kier alpha value is -2.95. The van der Waals surface area contributed by atoms with Crippen molar-refractivity contribution in [3.63, 3.8) is 0 Å². The van der Waals surface area contributed by atoms with Crippen molar-refractivity contribution in [2.75, 3.05) is 12.0 Å². The van der Waals surface area contributed by atoms with Crippen LogP contribution in [-0.4, -0.2) is 28.9 Å². The Morgan fingerprint density at radius 3 is 2.47 bits per heavy atom. The average Bonchev–Trinajstić information content (AvgIpc) is 3.37. The summed E-state index contributed by atoms with van der Waals surface area (Å²) in [6.45, 7) is 0. The molecule has 0 radical (unpaired) electrons. The van der Waals surface area contributed by atoms with E-state index in [-0.39, 0.29) is 11.3 Å². The van der Waals surface area contributed by atoms with Crippen LogP contribution in [0.5, 0.6) is 5.75 Å². The molecule has 4 aromatic rings. The third-order valence-corrected chi connectivity index (χ3v) is 7.53. The minimum absolute atomic E-state index is 0.00497. The van der Waals surface area contributed by atoms with E-state index in [1.165, 1.54) is 16.2 Å². The Balaban J connectivity index is 1.71. The number of benzene rings is 3. The smallest absolute Gasteiger partial charge is 0.301 e. The number of thiazole rings is 1. The van der Waals surface area contributed by atoms with Crippen LogP contribution in [0, 0.1) is 3.57 Å². The van der Waals surface area contributed by atoms with Gasteiger partial charge >= 0.3 is 5.91 Å². The summed E-state index contributed by atoms with van der Waals surface area (Å²) in [4.78, 5) is 32.5. The molecule has 0 aliphatic carbocycles. The van der Waals surface area contributed by atoms with Crippen molar-refractivity contribution in [2.24, 2.45) is 0 Å². The summed E-state index contributed by atoms with van der Waals surface area (Å²) in [5.41, 5.74) is 1.77. The molecule has 1 aliphatic heterocycles. The molecule has 170 valence electrons. The first kappa shape index (κ1) is 22.8. The number of rotatable bonds is 4. The van der Waals surface area contributed by atoms with Gasteiger partial charge in [0.1, 0.15) is 11.5 Å². The van der Waals surface area contributed by atoms with Gasteiger partial charge in [-0.15, -0.1) is 0 Å². The lowest BCUT2D eigenvalue weighted by molar-refractivity contribution is -0.132. The number of aliphatic hydroxyl groups is 1. The van der Waals surface area contributed by atoms with Gasteiger partial charge in [0.2, 0.25) is 0 Å². The molecule has 2 heterocycles. The lowest BCUT2D eigenvalue weighted by Gasteiger charge is -2.23. The van der Waals surface area contributed by atoms with Crippen LogP contribution in [0.15, 0.2) is 72.3 Å². The number of amides is 1. The first-order valence-corrected chi connectivity index (χ1v) is 12.4. The van der Waals surface area contributed by atoms with Crippen LogP contribution in [0.2, 0.25) is 5.02 Å². The van der Waals surface area contributed by atoms with Crippen molar-refractivity contribution in [1.29, 1.82) is 0 Å². The van der Waals surface area contributed by atoms with Crippen molar-refractivity contribution in [3.8, 4) is 5.75 Å². The largest absolute Gasteiger partial charge is 0.507 e. The number of Topliss-reactive ketones (excluding diaryl/α,β-unsaturated/α-hetero) is 1. The molecule has 3 aromatic carbocycles. The second-order valence-electron chi connectivity index (χ2n) is 7.56. The number of aromatic nitrogens is 1. The number of hydrogen-bond donors (Lipinski definition) is 1. The van der Waals surface area contributed by atoms with Crippen LogP contribution in [0.1, 0.15) is 17.2 Å². The highest BCUT2D eigenvalue weighted by molar-refractivity contribution is 14.1. The number of ketones is 1. The molecule has 1 atom stereocenters. The molecule has 0 spiro atoms. The van der Waals surface area contributed by atoms with E-state index in [0.29, 0.717) is 32.5 Å². The zero-order chi connectivity index (χ0) is 24.0. The number of fused-ring (bicyclic) bond motifs is 1. The summed E-state index contributed by atoms with van der Waals surface area (Å²) in [5.74, 6) is -1.11. The highest BCUT2D eigenvalue weighted by Gasteiger charge is 2.48. The lowest BCUT2D eigenvalue weighted by Crippen LogP contribution is -2.29. The molecule has 0 saturated carbocycles. The molecular weight excluding hydrogens is 587 g/mol. The summed E-state index contributed by atoms with van der Waals surface area (Å²) < 4.78 is 7.11. The predicted octanol–water partition coefficient (Wildman–Crippen LogP) is 6.19. The molecule has 1 unspecified atom stereocenters. The van der Waals surface area contributed by atoms with Gasteiger partial charge in [0.15, 0.2) is 5.13 Å². The van der Waals surface area contributed by atoms with Gasteiger partial charge in [-0.25, -0.2) is 4.98 Å². The van der Waals surface area contributed by atoms with E-state index < -0.39 is 17.7 Å². The van der Waals surface area contributed by atoms with Gasteiger partial charge in [0.25, 0.3) is 5.78 Å². The van der Waals surface area contributed by atoms with E-state index in [0.717, 1.165) is 8.27 Å². The summed E-state index contributed by atoms with van der Waals surface area (Å²) in [6, 6.07) is 18.5. The van der Waals surface area contributed by atoms with Crippen molar-refractivity contribution in [3.05, 3.63) is 92.0 Å². The number of ether oxygens (including phenoxy) is 1. The van der Waals surface area contributed by atoms with Gasteiger partial charge in [-0.2, -0.15) is 0 Å². The zero-order valence-corrected chi connectivity index (χ0v) is 21.4. The third kappa shape index (κ3) is 3.95. The standard InChI is InChI=1S/C25H16ClIN2O4S/c1-33-17-10-11-18-19(12-17)34-25(28-18)29-21(13-4-8-16(27)9-5-13)20(23(31)24(29)32)22(30)14-2-6-15(26)7-3-14/h2-12,21,30H,1H3/b22-20+. The van der Waals surface area contributed by atoms with Gasteiger partial charge in [0, 0.05) is 14.2 Å². The topological polar surface area (TPSA) is 79.7 Å². The van der Waals surface area contributed by atoms with Crippen LogP contribution < -0.4 is 9.64 Å². The fraction of sp³-hybridized carbons (Fsp3) is 0.0800. The maximum Gasteiger partial charge on any atom is 0.301 e. The van der Waals surface area contributed by atoms with Crippen molar-refractivity contribution < 1.29 is 19.4 Å². The van der Waals surface area contributed by atoms with Crippen LogP contribution in [0.4, 0.5) is 5.13 Å². The highest BCUT2D eigenvalue weighted by atomic mass is 127. The number of aliphatic hydroxyl groups excluding tert-OH is 1. The molecular formula is C25H16ClIN2O4S. The first-order valence-electron chi connectivity index (χ1n) is 10.1. The molecule has 1 fully saturated rings. The number of nitrogens with zero attached hydrogens (tertiary/aromatic N) is 2. The summed E-state index contributed by atoms with van der Waals surface area (Å²) in [6.07, 6.45) is 0. The van der Waals surface area contributed by atoms with Gasteiger partial charge in [-0.05, 0) is 82.8 Å². The monoisotopic (exact) mass is 602 g/mol. The predicted molar refractivity (Wildman–Crippen MR) is 142 cm³/mol. The molecule has 0 bridgehead atoms. The van der Waals surface area contributed by atoms with E-state index in [2.05, 4.69) is 27.6 Å². The zero-order valence-electron chi connectivity index (χ0n) is 17.7. The van der Waals surface area contributed by atoms with Crippen molar-refractivity contribution in [1.82, 2.24) is 4.98 Å². The SMILES string of the molecule is COc1ccc2nc(N3C(=O)C(=O)/C(=C(/O)c4ccc(Cl)cc4)C3c3ccc(I)cc3)sc2c1. The number of halogens is 2. The molecule has 9 heteroatoms. The molecule has 1 aromatic heterocycles. The second-order valence-corrected chi connectivity index (χ2v) is 10.2. The number of carbonyl (C=O) groups is 2. The third-order valence-electron chi connectivity index (χ3n) is 5.54. The Morgan fingerprint density at radius 2 is 1.79 bits per heavy atom. The highest BCUT2D eigenvalue weighted by Crippen LogP contribution is 2.44. The van der Waals surface area contributed by atoms with E-state index >= 15 is 0 Å². The molecule has 1 N–H and O–H groups in total. The van der Waals surface area contributed by atoms with Crippen molar-refractivity contribution >= 4 is 78.3 Å². The molecule has 1 amide bonds. The van der Waals surface area contributed by atoms with Crippen LogP contribution in [-0.2, 0) is 9.59 Å². The fourth-order valence-electron chi connectivity index (χ4n) is 3.88. The van der Waals surface area contributed by atoms with E-state index in [4.69, 9.17) is 16.3 Å². The maximum absolute atomic E-state index is 13.3. The lowest BCUT2D eigenvalue weighted by atomic mass is 9.95. The minimum atomic E-state index is -0.838. The fourth-order valence-corrected chi connectivity index (χ4v) is 5.38. The second kappa shape index (κ2) is 9.01. The Kier molecular flexibility index (Phi) is 6.05. The van der Waals surface area contributed by atoms with Gasteiger partial charge in [-0.3, -0.25) is 14.5 Å². The number of anilines is 1. The van der Waals surface area contributed by atoms with Crippen molar-refractivity contribution in [2.45, 2.75) is 6.04 Å². The van der Waals surface area contributed by atoms with E-state index in [9.17, 15) is 14.7 Å². The average molecular weight is 603 g/mol. The molecule has 1 saturated heterocycles. The quantitative estimate of drug-likeness (QED) is 0.130. The number of methoxy groups -OCH3 is 1. The maximum atomic E-state index is 13.3. The van der Waals surface area contributed by atoms with E-state index in [1.807, 2.05) is 30.3 Å². The normalized spacial score (nSPS) is 17.5. The summed E-state index contributed by atoms with van der Waals surface area (Å²) in [7, 11) is 1.58. The van der Waals surface area contributed by atoms with Gasteiger partial charge in [-0.1, -0.05) is 35.1 Å². The Labute approximate surface area is 217 Å². The van der Waals surface area contributed by atoms with Gasteiger partial charge < -0.3 is 9.84 Å². The first-order chi connectivity index (χ1) is 16.4. The summed E-state index contributed by atoms with van der Waals surface area (Å²) in [5, 5.41) is 12.0. The Bertz CT molecular complexity index is 1460. The van der Waals surface area contributed by atoms with Crippen LogP contribution in [0.25, 0.3) is 16.0 Å². The van der Waals surface area contributed by atoms with Crippen LogP contribution in [0.3, 0.4) is 0 Å². The summed E-state index contributed by atoms with van der Waals surface area (Å²) >= 11 is 9.46. The Morgan fingerprint density at radius 1 is 1.09 bits per heavy atom. The molecule has 1 aliphatic rings. The van der Waals surface area contributed by atoms with Gasteiger partial charge in [0.05, 0.1) is 28.9 Å². The molecule has 34 heavy (non-hydrogen) atoms. The number of hydrogen-bond acceptors (Lipinski definition) is 6. The van der Waals surface area contributed by atoms with Crippen LogP contribution >= 0.6 is 45.5 Å². The molecule has 6 nitrogen and oxygen atoms in total. The van der Waals surface area contributed by atoms with E-state index in [1.54, 1.807) is 43.5 Å². The minimum Gasteiger partial charge on any atom is -0.507 e.